The van der Waals surface area contributed by atoms with Gasteiger partial charge in [0.1, 0.15) is 11.4 Å². The topological polar surface area (TPSA) is 99.1 Å². The molecule has 164 valence electrons. The van der Waals surface area contributed by atoms with Gasteiger partial charge < -0.3 is 19.3 Å². The fourth-order valence-corrected chi connectivity index (χ4v) is 2.97. The summed E-state index contributed by atoms with van der Waals surface area (Å²) in [5.41, 5.74) is -0.856. The average molecular weight is 426 g/mol. The van der Waals surface area contributed by atoms with Crippen molar-refractivity contribution in [2.75, 3.05) is 0 Å². The largest absolute Gasteiger partial charge is 0.514 e. The number of hydrogen-bond acceptors (Lipinski definition) is 6. The van der Waals surface area contributed by atoms with Gasteiger partial charge in [-0.25, -0.2) is 14.4 Å². The minimum Gasteiger partial charge on any atom is -0.477 e. The first-order valence-electron chi connectivity index (χ1n) is 9.45. The van der Waals surface area contributed by atoms with Crippen molar-refractivity contribution in [1.29, 1.82) is 0 Å². The summed E-state index contributed by atoms with van der Waals surface area (Å²) >= 11 is 0. The number of alkyl halides is 2. The van der Waals surface area contributed by atoms with Crippen LogP contribution in [0.1, 0.15) is 50.4 Å². The molecule has 0 fully saturated rings. The molecule has 1 aliphatic rings. The second-order valence-electron chi connectivity index (χ2n) is 7.58. The predicted octanol–water partition coefficient (Wildman–Crippen LogP) is 4.60. The fourth-order valence-electron chi connectivity index (χ4n) is 2.97. The van der Waals surface area contributed by atoms with E-state index in [1.807, 2.05) is 6.08 Å². The van der Waals surface area contributed by atoms with E-state index >= 15 is 0 Å². The van der Waals surface area contributed by atoms with Crippen molar-refractivity contribution in [2.45, 2.75) is 57.7 Å². The van der Waals surface area contributed by atoms with Crippen LogP contribution in [0, 0.1) is 5.92 Å². The lowest BCUT2D eigenvalue weighted by Gasteiger charge is -2.28. The van der Waals surface area contributed by atoms with E-state index in [4.69, 9.17) is 19.3 Å². The van der Waals surface area contributed by atoms with E-state index in [0.29, 0.717) is 6.42 Å². The molecule has 0 saturated carbocycles. The molecule has 0 aromatic heterocycles. The third-order valence-corrected chi connectivity index (χ3v) is 4.60. The molecule has 1 aromatic rings. The van der Waals surface area contributed by atoms with Gasteiger partial charge in [0, 0.05) is 0 Å². The van der Waals surface area contributed by atoms with Gasteiger partial charge in [0.05, 0.1) is 5.56 Å². The number of carboxylic acid groups (broad SMARTS) is 1. The highest BCUT2D eigenvalue weighted by Gasteiger charge is 2.51. The molecule has 0 bridgehead atoms. The second kappa shape index (κ2) is 9.23. The molecule has 2 rings (SSSR count). The number of esters is 1. The van der Waals surface area contributed by atoms with Crippen LogP contribution in [0.25, 0.3) is 0 Å². The number of rotatable bonds is 7. The van der Waals surface area contributed by atoms with Crippen LogP contribution in [0.3, 0.4) is 0 Å². The maximum absolute atomic E-state index is 13.8. The average Bonchev–Trinajstić information content (AvgIpc) is 2.66. The van der Waals surface area contributed by atoms with Gasteiger partial charge in [-0.05, 0) is 62.4 Å². The van der Waals surface area contributed by atoms with Crippen molar-refractivity contribution in [2.24, 2.45) is 5.92 Å². The Morgan fingerprint density at radius 3 is 2.30 bits per heavy atom. The Hall–Kier alpha value is -2.97. The summed E-state index contributed by atoms with van der Waals surface area (Å²) in [4.78, 5) is 35.0. The Morgan fingerprint density at radius 1 is 1.17 bits per heavy atom. The number of carbonyl (C=O) groups excluding carboxylic acids is 2. The molecule has 0 heterocycles. The van der Waals surface area contributed by atoms with Gasteiger partial charge in [-0.3, -0.25) is 0 Å². The summed E-state index contributed by atoms with van der Waals surface area (Å²) in [5, 5.41) is 8.69. The highest BCUT2D eigenvalue weighted by atomic mass is 19.3. The molecule has 9 heteroatoms. The van der Waals surface area contributed by atoms with Gasteiger partial charge in [0.15, 0.2) is 6.10 Å². The van der Waals surface area contributed by atoms with Crippen LogP contribution in [0.5, 0.6) is 5.75 Å². The van der Waals surface area contributed by atoms with Crippen molar-refractivity contribution in [3.63, 3.8) is 0 Å². The van der Waals surface area contributed by atoms with Crippen LogP contribution in [-0.2, 0) is 14.3 Å². The summed E-state index contributed by atoms with van der Waals surface area (Å²) in [6, 6.07) is 4.97. The molecule has 0 amide bonds. The first kappa shape index (κ1) is 23.3. The molecule has 1 aliphatic carbocycles. The van der Waals surface area contributed by atoms with Crippen molar-refractivity contribution >= 4 is 18.1 Å². The zero-order valence-electron chi connectivity index (χ0n) is 16.9. The van der Waals surface area contributed by atoms with Crippen molar-refractivity contribution < 1.29 is 42.5 Å². The highest BCUT2D eigenvalue weighted by Crippen LogP contribution is 2.29. The Balaban J connectivity index is 2.01. The SMILES string of the molecule is CC(C)C(OC(=O)c1ccc(OC(=O)OC2(C)C=CCCC2)cc1)C(F)(F)C(=O)O. The molecule has 0 spiro atoms. The number of hydrogen-bond donors (Lipinski definition) is 1. The van der Waals surface area contributed by atoms with Gasteiger partial charge in [-0.1, -0.05) is 19.9 Å². The number of halogens is 2. The number of carboxylic acids is 1. The minimum absolute atomic E-state index is 0.0798. The Morgan fingerprint density at radius 2 is 1.80 bits per heavy atom. The number of aliphatic carboxylic acids is 1. The molecule has 2 atom stereocenters. The minimum atomic E-state index is -4.24. The van der Waals surface area contributed by atoms with Gasteiger partial charge in [-0.2, -0.15) is 8.78 Å². The zero-order chi connectivity index (χ0) is 22.5. The van der Waals surface area contributed by atoms with Gasteiger partial charge in [0.2, 0.25) is 0 Å². The first-order chi connectivity index (χ1) is 13.9. The number of allylic oxidation sites excluding steroid dienone is 1. The van der Waals surface area contributed by atoms with Crippen LogP contribution in [0.2, 0.25) is 0 Å². The van der Waals surface area contributed by atoms with Crippen LogP contribution in [0.4, 0.5) is 13.6 Å². The van der Waals surface area contributed by atoms with E-state index in [1.165, 1.54) is 38.1 Å². The maximum atomic E-state index is 13.8. The molecule has 0 aliphatic heterocycles. The smallest absolute Gasteiger partial charge is 0.477 e. The van der Waals surface area contributed by atoms with Crippen molar-refractivity contribution in [3.8, 4) is 5.75 Å². The lowest BCUT2D eigenvalue weighted by atomic mass is 9.93. The van der Waals surface area contributed by atoms with E-state index in [0.717, 1.165) is 12.8 Å². The molecule has 2 unspecified atom stereocenters. The molecule has 1 aromatic carbocycles. The predicted molar refractivity (Wildman–Crippen MR) is 102 cm³/mol. The van der Waals surface area contributed by atoms with Crippen molar-refractivity contribution in [3.05, 3.63) is 42.0 Å². The molecule has 1 N–H and O–H groups in total. The fraction of sp³-hybridized carbons (Fsp3) is 0.476. The van der Waals surface area contributed by atoms with Crippen molar-refractivity contribution in [1.82, 2.24) is 0 Å². The molecular weight excluding hydrogens is 402 g/mol. The Kier molecular flexibility index (Phi) is 7.17. The van der Waals surface area contributed by atoms with Crippen LogP contribution in [0.15, 0.2) is 36.4 Å². The number of ether oxygens (including phenoxy) is 3. The maximum Gasteiger partial charge on any atom is 0.514 e. The van der Waals surface area contributed by atoms with Crippen LogP contribution in [-0.4, -0.2) is 40.8 Å². The van der Waals surface area contributed by atoms with E-state index in [-0.39, 0.29) is 11.3 Å². The zero-order valence-corrected chi connectivity index (χ0v) is 16.9. The summed E-state index contributed by atoms with van der Waals surface area (Å²) in [7, 11) is 0. The normalized spacial score (nSPS) is 19.8. The van der Waals surface area contributed by atoms with E-state index in [1.54, 1.807) is 13.0 Å². The second-order valence-corrected chi connectivity index (χ2v) is 7.58. The molecule has 30 heavy (non-hydrogen) atoms. The monoisotopic (exact) mass is 426 g/mol. The third-order valence-electron chi connectivity index (χ3n) is 4.60. The molecule has 7 nitrogen and oxygen atoms in total. The third kappa shape index (κ3) is 5.77. The summed E-state index contributed by atoms with van der Waals surface area (Å²) in [5.74, 6) is -8.59. The molecule has 0 radical (unpaired) electrons. The Bertz CT molecular complexity index is 817. The summed E-state index contributed by atoms with van der Waals surface area (Å²) < 4.78 is 42.8. The van der Waals surface area contributed by atoms with Gasteiger partial charge in [-0.15, -0.1) is 0 Å². The standard InChI is InChI=1S/C21H24F2O7/c1-13(2)16(21(22,23)18(25)26)29-17(24)14-7-9-15(10-8-14)28-19(27)30-20(3)11-5-4-6-12-20/h5,7-11,13,16H,4,6,12H2,1-3H3,(H,25,26). The lowest BCUT2D eigenvalue weighted by Crippen LogP contribution is -2.47. The van der Waals surface area contributed by atoms with E-state index in [2.05, 4.69) is 0 Å². The van der Waals surface area contributed by atoms with E-state index < -0.39 is 41.6 Å². The van der Waals surface area contributed by atoms with E-state index in [9.17, 15) is 23.2 Å². The lowest BCUT2D eigenvalue weighted by molar-refractivity contribution is -0.187. The molecular formula is C21H24F2O7. The first-order valence-corrected chi connectivity index (χ1v) is 9.45. The van der Waals surface area contributed by atoms with Gasteiger partial charge in [0.25, 0.3) is 0 Å². The van der Waals surface area contributed by atoms with Crippen LogP contribution < -0.4 is 4.74 Å². The number of carbonyl (C=O) groups is 3. The summed E-state index contributed by atoms with van der Waals surface area (Å²) in [6.45, 7) is 4.40. The number of benzene rings is 1. The quantitative estimate of drug-likeness (QED) is 0.386. The summed E-state index contributed by atoms with van der Waals surface area (Å²) in [6.07, 6.45) is 3.14. The Labute approximate surface area is 172 Å². The van der Waals surface area contributed by atoms with Gasteiger partial charge >= 0.3 is 24.0 Å². The molecule has 0 saturated heterocycles. The van der Waals surface area contributed by atoms with Crippen LogP contribution >= 0.6 is 0 Å². The highest BCUT2D eigenvalue weighted by molar-refractivity contribution is 5.90.